The number of hydrogen-bond donors (Lipinski definition) is 2. The van der Waals surface area contributed by atoms with Gasteiger partial charge in [-0.25, -0.2) is 4.79 Å². The van der Waals surface area contributed by atoms with Crippen LogP contribution < -0.4 is 10.6 Å². The van der Waals surface area contributed by atoms with Gasteiger partial charge in [-0.1, -0.05) is 30.3 Å². The van der Waals surface area contributed by atoms with E-state index in [1.54, 1.807) is 11.3 Å². The van der Waals surface area contributed by atoms with E-state index in [1.165, 1.54) is 24.0 Å². The normalized spacial score (nSPS) is 16.6. The zero-order valence-corrected chi connectivity index (χ0v) is 15.1. The van der Waals surface area contributed by atoms with Gasteiger partial charge in [-0.2, -0.15) is 11.3 Å². The molecule has 1 aliphatic rings. The summed E-state index contributed by atoms with van der Waals surface area (Å²) in [4.78, 5) is 14.6. The molecule has 24 heavy (non-hydrogen) atoms. The predicted octanol–water partition coefficient (Wildman–Crippen LogP) is 3.80. The number of likely N-dealkylation sites (N-methyl/N-ethyl adjacent to an activating group) is 1. The quantitative estimate of drug-likeness (QED) is 0.803. The number of nitrogens with zero attached hydrogens (tertiary/aromatic N) is 1. The largest absolute Gasteiger partial charge is 0.336 e. The van der Waals surface area contributed by atoms with E-state index in [1.807, 2.05) is 32.3 Å². The Morgan fingerprint density at radius 3 is 2.54 bits per heavy atom. The molecule has 0 aliphatic heterocycles. The van der Waals surface area contributed by atoms with Gasteiger partial charge in [0.05, 0.1) is 12.1 Å². The van der Waals surface area contributed by atoms with Crippen LogP contribution in [-0.4, -0.2) is 31.6 Å². The van der Waals surface area contributed by atoms with E-state index >= 15 is 0 Å². The summed E-state index contributed by atoms with van der Waals surface area (Å²) >= 11 is 1.68. The SMILES string of the molecule is CN(C)C(CNC(=O)NC(c1ccccc1)C1CC1)c1ccsc1. The fourth-order valence-electron chi connectivity index (χ4n) is 3.01. The maximum atomic E-state index is 12.4. The Kier molecular flexibility index (Phi) is 5.53. The molecule has 5 heteroatoms. The molecule has 1 aromatic carbocycles. The molecule has 128 valence electrons. The third-order valence-electron chi connectivity index (χ3n) is 4.55. The van der Waals surface area contributed by atoms with Gasteiger partial charge in [0.1, 0.15) is 0 Å². The van der Waals surface area contributed by atoms with Crippen LogP contribution in [0.25, 0.3) is 0 Å². The number of thiophene rings is 1. The molecule has 2 amide bonds. The molecule has 1 fully saturated rings. The summed E-state index contributed by atoms with van der Waals surface area (Å²) in [5.41, 5.74) is 2.43. The molecule has 0 bridgehead atoms. The van der Waals surface area contributed by atoms with Crippen LogP contribution in [0.4, 0.5) is 4.79 Å². The molecule has 1 aromatic heterocycles. The second-order valence-corrected chi connectivity index (χ2v) is 7.40. The van der Waals surface area contributed by atoms with Gasteiger partial charge >= 0.3 is 6.03 Å². The monoisotopic (exact) mass is 343 g/mol. The Hall–Kier alpha value is -1.85. The van der Waals surface area contributed by atoms with Gasteiger partial charge in [-0.3, -0.25) is 0 Å². The average molecular weight is 343 g/mol. The van der Waals surface area contributed by atoms with E-state index in [-0.39, 0.29) is 18.1 Å². The molecule has 0 radical (unpaired) electrons. The van der Waals surface area contributed by atoms with Gasteiger partial charge < -0.3 is 15.5 Å². The summed E-state index contributed by atoms with van der Waals surface area (Å²) in [6.07, 6.45) is 2.38. The number of benzene rings is 1. The van der Waals surface area contributed by atoms with Crippen molar-refractivity contribution in [1.82, 2.24) is 15.5 Å². The van der Waals surface area contributed by atoms with Crippen molar-refractivity contribution < 1.29 is 4.79 Å². The fourth-order valence-corrected chi connectivity index (χ4v) is 3.72. The third kappa shape index (κ3) is 4.36. The van der Waals surface area contributed by atoms with Crippen LogP contribution in [-0.2, 0) is 0 Å². The summed E-state index contributed by atoms with van der Waals surface area (Å²) < 4.78 is 0. The summed E-state index contributed by atoms with van der Waals surface area (Å²) in [5, 5.41) is 10.4. The summed E-state index contributed by atoms with van der Waals surface area (Å²) in [6, 6.07) is 12.6. The van der Waals surface area contributed by atoms with Crippen LogP contribution in [0.5, 0.6) is 0 Å². The van der Waals surface area contributed by atoms with E-state index in [0.717, 1.165) is 0 Å². The Morgan fingerprint density at radius 1 is 1.21 bits per heavy atom. The van der Waals surface area contributed by atoms with Crippen molar-refractivity contribution in [1.29, 1.82) is 0 Å². The minimum atomic E-state index is -0.0853. The molecular formula is C19H25N3OS. The topological polar surface area (TPSA) is 44.4 Å². The molecule has 0 spiro atoms. The van der Waals surface area contributed by atoms with Crippen molar-refractivity contribution in [3.05, 3.63) is 58.3 Å². The summed E-state index contributed by atoms with van der Waals surface area (Å²) in [6.45, 7) is 0.599. The van der Waals surface area contributed by atoms with Crippen molar-refractivity contribution in [2.75, 3.05) is 20.6 Å². The van der Waals surface area contributed by atoms with Crippen LogP contribution in [0.1, 0.15) is 36.1 Å². The third-order valence-corrected chi connectivity index (χ3v) is 5.25. The van der Waals surface area contributed by atoms with Crippen molar-refractivity contribution in [2.24, 2.45) is 5.92 Å². The van der Waals surface area contributed by atoms with Crippen LogP contribution in [0, 0.1) is 5.92 Å². The Balaban J connectivity index is 1.58. The molecule has 4 nitrogen and oxygen atoms in total. The number of nitrogens with one attached hydrogen (secondary N) is 2. The van der Waals surface area contributed by atoms with Crippen molar-refractivity contribution in [3.63, 3.8) is 0 Å². The van der Waals surface area contributed by atoms with Crippen LogP contribution in [0.2, 0.25) is 0 Å². The molecule has 0 saturated heterocycles. The lowest BCUT2D eigenvalue weighted by molar-refractivity contribution is 0.228. The van der Waals surface area contributed by atoms with E-state index in [0.29, 0.717) is 12.5 Å². The Bertz CT molecular complexity index is 638. The predicted molar refractivity (Wildman–Crippen MR) is 99.2 cm³/mol. The first-order valence-electron chi connectivity index (χ1n) is 8.43. The minimum absolute atomic E-state index is 0.0853. The molecule has 2 atom stereocenters. The summed E-state index contributed by atoms with van der Waals surface area (Å²) in [7, 11) is 4.08. The molecule has 3 rings (SSSR count). The molecule has 1 heterocycles. The van der Waals surface area contributed by atoms with Crippen LogP contribution in [0.3, 0.4) is 0 Å². The highest BCUT2D eigenvalue weighted by Crippen LogP contribution is 2.40. The van der Waals surface area contributed by atoms with Gasteiger partial charge in [-0.15, -0.1) is 0 Å². The standard InChI is InChI=1S/C19H25N3OS/c1-22(2)17(16-10-11-24-13-16)12-20-19(23)21-18(15-8-9-15)14-6-4-3-5-7-14/h3-7,10-11,13,15,17-18H,8-9,12H2,1-2H3,(H2,20,21,23). The zero-order valence-electron chi connectivity index (χ0n) is 14.2. The van der Waals surface area contributed by atoms with Gasteiger partial charge in [0, 0.05) is 6.54 Å². The molecule has 2 N–H and O–H groups in total. The van der Waals surface area contributed by atoms with Crippen molar-refractivity contribution in [3.8, 4) is 0 Å². The Morgan fingerprint density at radius 2 is 1.96 bits per heavy atom. The van der Waals surface area contributed by atoms with Gasteiger partial charge in [0.15, 0.2) is 0 Å². The van der Waals surface area contributed by atoms with Crippen LogP contribution >= 0.6 is 11.3 Å². The molecular weight excluding hydrogens is 318 g/mol. The lowest BCUT2D eigenvalue weighted by atomic mass is 10.0. The van der Waals surface area contributed by atoms with E-state index in [9.17, 15) is 4.79 Å². The highest BCUT2D eigenvalue weighted by atomic mass is 32.1. The zero-order chi connectivity index (χ0) is 16.9. The maximum absolute atomic E-state index is 12.4. The number of carbonyl (C=O) groups excluding carboxylic acids is 1. The number of rotatable bonds is 7. The smallest absolute Gasteiger partial charge is 0.315 e. The first kappa shape index (κ1) is 17.0. The number of carbonyl (C=O) groups is 1. The van der Waals surface area contributed by atoms with Crippen molar-refractivity contribution >= 4 is 17.4 Å². The van der Waals surface area contributed by atoms with E-state index in [4.69, 9.17) is 0 Å². The average Bonchev–Trinajstić information content (AvgIpc) is 3.28. The second kappa shape index (κ2) is 7.81. The van der Waals surface area contributed by atoms with Crippen LogP contribution in [0.15, 0.2) is 47.2 Å². The summed E-state index contributed by atoms with van der Waals surface area (Å²) in [5.74, 6) is 0.569. The Labute approximate surface area is 147 Å². The molecule has 2 aromatic rings. The highest BCUT2D eigenvalue weighted by molar-refractivity contribution is 7.07. The number of amides is 2. The van der Waals surface area contributed by atoms with Crippen molar-refractivity contribution in [2.45, 2.75) is 24.9 Å². The number of urea groups is 1. The van der Waals surface area contributed by atoms with E-state index in [2.05, 4.69) is 44.5 Å². The minimum Gasteiger partial charge on any atom is -0.336 e. The molecule has 1 aliphatic carbocycles. The van der Waals surface area contributed by atoms with Gasteiger partial charge in [0.25, 0.3) is 0 Å². The highest BCUT2D eigenvalue weighted by Gasteiger charge is 2.33. The lowest BCUT2D eigenvalue weighted by Crippen LogP contribution is -2.42. The van der Waals surface area contributed by atoms with E-state index < -0.39 is 0 Å². The van der Waals surface area contributed by atoms with Gasteiger partial charge in [-0.05, 0) is 60.8 Å². The lowest BCUT2D eigenvalue weighted by Gasteiger charge is -2.25. The first-order valence-corrected chi connectivity index (χ1v) is 9.37. The fraction of sp³-hybridized carbons (Fsp3) is 0.421. The first-order chi connectivity index (χ1) is 11.6. The maximum Gasteiger partial charge on any atom is 0.315 e. The second-order valence-electron chi connectivity index (χ2n) is 6.62. The molecule has 1 saturated carbocycles. The number of hydrogen-bond acceptors (Lipinski definition) is 3. The molecule has 2 unspecified atom stereocenters. The van der Waals surface area contributed by atoms with Gasteiger partial charge in [0.2, 0.25) is 0 Å².